The summed E-state index contributed by atoms with van der Waals surface area (Å²) in [5.74, 6) is -1.23. The zero-order valence-electron chi connectivity index (χ0n) is 30.1. The molecule has 276 valence electrons. The van der Waals surface area contributed by atoms with Crippen molar-refractivity contribution in [2.45, 2.75) is 88.9 Å². The van der Waals surface area contributed by atoms with E-state index >= 15 is 0 Å². The van der Waals surface area contributed by atoms with Crippen LogP contribution in [0.15, 0.2) is 72.8 Å². The largest absolute Gasteiger partial charge is 0.432 e. The van der Waals surface area contributed by atoms with E-state index in [9.17, 15) is 34.4 Å². The molecule has 12 nitrogen and oxygen atoms in total. The Hall–Kier alpha value is -4.43. The second kappa shape index (κ2) is 15.3. The van der Waals surface area contributed by atoms with Gasteiger partial charge in [-0.2, -0.15) is 0 Å². The Morgan fingerprint density at radius 2 is 1.73 bits per heavy atom. The monoisotopic (exact) mass is 728 g/mol. The SMILES string of the molecule is C[C@H]1[C@H]([Si](C)(C)O)[C@@H](CC(=O)N(CCO)Cc2ccccc2)O[C@]12C(=O)N(Cc1ccc(N3CCCCCCC3=O)cc1)c1ccc([N+](=O)[O-])cc12. The normalized spacial score (nSPS) is 23.4. The number of fused-ring (bicyclic) bond motifs is 2. The number of amides is 3. The quantitative estimate of drug-likeness (QED) is 0.146. The number of aliphatic hydroxyl groups is 1. The van der Waals surface area contributed by atoms with Crippen molar-refractivity contribution in [1.82, 2.24) is 4.90 Å². The molecule has 3 amide bonds. The number of carbonyl (C=O) groups is 3. The highest BCUT2D eigenvalue weighted by atomic mass is 28.4. The first-order valence-corrected chi connectivity index (χ1v) is 21.2. The molecule has 0 bridgehead atoms. The van der Waals surface area contributed by atoms with Gasteiger partial charge in [-0.25, -0.2) is 0 Å². The summed E-state index contributed by atoms with van der Waals surface area (Å²) in [4.78, 5) is 69.8. The molecule has 1 spiro atoms. The molecule has 3 heterocycles. The van der Waals surface area contributed by atoms with E-state index in [1.54, 1.807) is 29.0 Å². The summed E-state index contributed by atoms with van der Waals surface area (Å²) in [5.41, 5.74) is 0.855. The number of nitro groups is 1. The Morgan fingerprint density at radius 3 is 2.40 bits per heavy atom. The van der Waals surface area contributed by atoms with E-state index in [0.717, 1.165) is 42.5 Å². The zero-order chi connectivity index (χ0) is 37.2. The molecule has 2 saturated heterocycles. The highest BCUT2D eigenvalue weighted by Gasteiger charge is 2.66. The van der Waals surface area contributed by atoms with Gasteiger partial charge in [0.1, 0.15) is 0 Å². The molecule has 0 aliphatic carbocycles. The average molecular weight is 729 g/mol. The van der Waals surface area contributed by atoms with Crippen LogP contribution in [0.2, 0.25) is 18.6 Å². The summed E-state index contributed by atoms with van der Waals surface area (Å²) < 4.78 is 6.79. The minimum atomic E-state index is -3.14. The van der Waals surface area contributed by atoms with Crippen LogP contribution < -0.4 is 9.80 Å². The Morgan fingerprint density at radius 1 is 1.02 bits per heavy atom. The number of rotatable bonds is 11. The number of carbonyl (C=O) groups excluding carboxylic acids is 3. The van der Waals surface area contributed by atoms with Gasteiger partial charge in [0.15, 0.2) is 13.9 Å². The lowest BCUT2D eigenvalue weighted by Crippen LogP contribution is -2.46. The van der Waals surface area contributed by atoms with Gasteiger partial charge in [0.25, 0.3) is 11.6 Å². The molecule has 2 fully saturated rings. The van der Waals surface area contributed by atoms with Crippen LogP contribution >= 0.6 is 0 Å². The van der Waals surface area contributed by atoms with Gasteiger partial charge in [0.05, 0.1) is 36.3 Å². The molecule has 3 aromatic rings. The second-order valence-corrected chi connectivity index (χ2v) is 18.8. The number of non-ortho nitro benzene ring substituents is 1. The van der Waals surface area contributed by atoms with Gasteiger partial charge >= 0.3 is 0 Å². The van der Waals surface area contributed by atoms with Crippen LogP contribution in [0, 0.1) is 16.0 Å². The van der Waals surface area contributed by atoms with E-state index < -0.39 is 42.3 Å². The van der Waals surface area contributed by atoms with Crippen LogP contribution in [0.25, 0.3) is 0 Å². The fourth-order valence-electron chi connectivity index (χ4n) is 8.45. The topological polar surface area (TPSA) is 154 Å². The molecule has 0 unspecified atom stereocenters. The zero-order valence-corrected chi connectivity index (χ0v) is 31.1. The first-order chi connectivity index (χ1) is 24.8. The van der Waals surface area contributed by atoms with Gasteiger partial charge in [-0.05, 0) is 55.3 Å². The van der Waals surface area contributed by atoms with Gasteiger partial charge in [-0.3, -0.25) is 24.5 Å². The van der Waals surface area contributed by atoms with E-state index in [1.165, 1.54) is 12.1 Å². The number of aliphatic hydroxyl groups excluding tert-OH is 1. The Balaban J connectivity index is 1.32. The van der Waals surface area contributed by atoms with Crippen molar-refractivity contribution in [3.8, 4) is 0 Å². The highest BCUT2D eigenvalue weighted by Crippen LogP contribution is 2.60. The van der Waals surface area contributed by atoms with Crippen LogP contribution in [0.5, 0.6) is 0 Å². The summed E-state index contributed by atoms with van der Waals surface area (Å²) in [6, 6.07) is 21.3. The van der Waals surface area contributed by atoms with Gasteiger partial charge in [0.2, 0.25) is 11.8 Å². The lowest BCUT2D eigenvalue weighted by molar-refractivity contribution is -0.385. The first kappa shape index (κ1) is 37.3. The first-order valence-electron chi connectivity index (χ1n) is 18.2. The van der Waals surface area contributed by atoms with Crippen LogP contribution in [-0.4, -0.2) is 71.6 Å². The smallest absolute Gasteiger partial charge is 0.269 e. The summed E-state index contributed by atoms with van der Waals surface area (Å²) in [5, 5.41) is 21.8. The number of anilines is 2. The summed E-state index contributed by atoms with van der Waals surface area (Å²) in [7, 11) is -3.14. The van der Waals surface area contributed by atoms with E-state index in [-0.39, 0.29) is 50.2 Å². The van der Waals surface area contributed by atoms with Gasteiger partial charge in [-0.1, -0.05) is 62.2 Å². The predicted molar refractivity (Wildman–Crippen MR) is 199 cm³/mol. The van der Waals surface area contributed by atoms with E-state index in [1.807, 2.05) is 66.4 Å². The lowest BCUT2D eigenvalue weighted by atomic mass is 9.82. The van der Waals surface area contributed by atoms with Crippen LogP contribution in [-0.2, 0) is 37.8 Å². The number of nitro benzene ring substituents is 1. The van der Waals surface area contributed by atoms with Crippen LogP contribution in [0.1, 0.15) is 62.1 Å². The highest BCUT2D eigenvalue weighted by molar-refractivity contribution is 6.71. The molecule has 3 aliphatic rings. The third-order valence-corrected chi connectivity index (χ3v) is 13.4. The standard InChI is InChI=1S/C39H48N4O8Si/c1-27-37(52(2,3)50)34(24-36(46)40(21-22-44)25-28-11-7-6-8-12-28)51-39(27)32-23-31(43(48)49)18-19-33(32)42(38(39)47)26-29-14-16-30(17-15-29)41-20-10-5-4-9-13-35(41)45/h6-8,11-12,14-19,23,27,34,37,44,50H,4-5,9-10,13,20-22,24-26H2,1-3H3/t27-,34+,37-,39+/m0/s1. The summed E-state index contributed by atoms with van der Waals surface area (Å²) in [6.45, 7) is 6.27. The number of ether oxygens (including phenoxy) is 1. The van der Waals surface area contributed by atoms with Crippen molar-refractivity contribution in [3.63, 3.8) is 0 Å². The maximum Gasteiger partial charge on any atom is 0.269 e. The molecule has 13 heteroatoms. The molecule has 2 N–H and O–H groups in total. The van der Waals surface area contributed by atoms with E-state index in [4.69, 9.17) is 4.74 Å². The van der Waals surface area contributed by atoms with Crippen molar-refractivity contribution in [3.05, 3.63) is 99.6 Å². The maximum absolute atomic E-state index is 14.9. The van der Waals surface area contributed by atoms with Gasteiger partial charge in [0, 0.05) is 60.9 Å². The Labute approximate surface area is 305 Å². The molecule has 0 saturated carbocycles. The fourth-order valence-corrected chi connectivity index (χ4v) is 11.0. The molecule has 6 rings (SSSR count). The second-order valence-electron chi connectivity index (χ2n) is 14.8. The van der Waals surface area contributed by atoms with Gasteiger partial charge in [-0.15, -0.1) is 0 Å². The number of hydrogen-bond acceptors (Lipinski definition) is 8. The maximum atomic E-state index is 14.9. The van der Waals surface area contributed by atoms with Crippen molar-refractivity contribution >= 4 is 43.1 Å². The van der Waals surface area contributed by atoms with Crippen molar-refractivity contribution in [2.75, 3.05) is 29.5 Å². The molecular weight excluding hydrogens is 681 g/mol. The molecule has 0 radical (unpaired) electrons. The third-order valence-electron chi connectivity index (χ3n) is 10.9. The number of hydrogen-bond donors (Lipinski definition) is 2. The van der Waals surface area contributed by atoms with Gasteiger partial charge < -0.3 is 29.3 Å². The fraction of sp³-hybridized carbons (Fsp3) is 0.462. The summed E-state index contributed by atoms with van der Waals surface area (Å²) in [6.07, 6.45) is 3.46. The molecule has 4 atom stereocenters. The van der Waals surface area contributed by atoms with E-state index in [2.05, 4.69) is 0 Å². The van der Waals surface area contributed by atoms with E-state index in [0.29, 0.717) is 24.2 Å². The molecule has 3 aromatic carbocycles. The van der Waals surface area contributed by atoms with Crippen molar-refractivity contribution in [1.29, 1.82) is 0 Å². The third kappa shape index (κ3) is 7.27. The molecule has 0 aromatic heterocycles. The molecular formula is C39H48N4O8Si. The minimum Gasteiger partial charge on any atom is -0.432 e. The van der Waals surface area contributed by atoms with Crippen molar-refractivity contribution < 1.29 is 33.9 Å². The molecule has 3 aliphatic heterocycles. The summed E-state index contributed by atoms with van der Waals surface area (Å²) >= 11 is 0. The predicted octanol–water partition coefficient (Wildman–Crippen LogP) is 5.65. The number of nitrogens with zero attached hydrogens (tertiary/aromatic N) is 4. The molecule has 52 heavy (non-hydrogen) atoms. The van der Waals surface area contributed by atoms with Crippen LogP contribution in [0.4, 0.5) is 17.1 Å². The van der Waals surface area contributed by atoms with Crippen LogP contribution in [0.3, 0.4) is 0 Å². The van der Waals surface area contributed by atoms with Crippen molar-refractivity contribution in [2.24, 2.45) is 5.92 Å². The minimum absolute atomic E-state index is 0.0954. The average Bonchev–Trinajstić information content (AvgIpc) is 3.53. The lowest BCUT2D eigenvalue weighted by Gasteiger charge is -2.32. The number of benzene rings is 3. The Kier molecular flexibility index (Phi) is 11.0. The Bertz CT molecular complexity index is 1800.